The molecule has 0 saturated heterocycles. The van der Waals surface area contributed by atoms with E-state index < -0.39 is 0 Å². The van der Waals surface area contributed by atoms with Crippen molar-refractivity contribution >= 4 is 27.4 Å². The van der Waals surface area contributed by atoms with E-state index in [4.69, 9.17) is 0 Å². The van der Waals surface area contributed by atoms with Crippen LogP contribution in [0.3, 0.4) is 0 Å². The summed E-state index contributed by atoms with van der Waals surface area (Å²) in [5.41, 5.74) is 3.91. The number of hydrogen-bond donors (Lipinski definition) is 1. The van der Waals surface area contributed by atoms with Gasteiger partial charge in [0, 0.05) is 10.9 Å². The fourth-order valence-electron chi connectivity index (χ4n) is 2.62. The normalized spacial score (nSPS) is 12.5. The molecule has 0 aliphatic carbocycles. The molecule has 0 aliphatic rings. The Balaban J connectivity index is 1.91. The lowest BCUT2D eigenvalue weighted by atomic mass is 10.0. The van der Waals surface area contributed by atoms with E-state index >= 15 is 0 Å². The minimum absolute atomic E-state index is 0.212. The first-order chi connectivity index (χ1) is 10.6. The van der Waals surface area contributed by atoms with E-state index in [1.54, 1.807) is 17.7 Å². The largest absolute Gasteiger partial charge is 0.363 e. The van der Waals surface area contributed by atoms with Gasteiger partial charge >= 0.3 is 0 Å². The molecule has 0 radical (unpaired) electrons. The first kappa shape index (κ1) is 15.0. The maximum atomic E-state index is 4.46. The van der Waals surface area contributed by atoms with Gasteiger partial charge in [0.15, 0.2) is 0 Å². The number of nitrogens with zero attached hydrogens (tertiary/aromatic N) is 2. The van der Waals surface area contributed by atoms with Crippen molar-refractivity contribution in [2.75, 3.05) is 5.32 Å². The molecule has 22 heavy (non-hydrogen) atoms. The van der Waals surface area contributed by atoms with Gasteiger partial charge in [0.2, 0.25) is 0 Å². The molecule has 0 fully saturated rings. The lowest BCUT2D eigenvalue weighted by Crippen LogP contribution is -2.08. The van der Waals surface area contributed by atoms with Gasteiger partial charge in [-0.05, 0) is 43.9 Å². The van der Waals surface area contributed by atoms with E-state index in [1.165, 1.54) is 21.6 Å². The number of hydrogen-bond acceptors (Lipinski definition) is 4. The molecule has 114 valence electrons. The van der Waals surface area contributed by atoms with Crippen molar-refractivity contribution in [3.63, 3.8) is 0 Å². The fourth-order valence-corrected chi connectivity index (χ4v) is 3.62. The highest BCUT2D eigenvalue weighted by molar-refractivity contribution is 7.18. The van der Waals surface area contributed by atoms with Crippen molar-refractivity contribution in [2.45, 2.75) is 40.2 Å². The van der Waals surface area contributed by atoms with Crippen molar-refractivity contribution in [2.24, 2.45) is 0 Å². The van der Waals surface area contributed by atoms with Crippen molar-refractivity contribution in [1.82, 2.24) is 9.97 Å². The molecule has 1 aromatic carbocycles. The van der Waals surface area contributed by atoms with Crippen LogP contribution in [0.1, 0.15) is 41.5 Å². The zero-order chi connectivity index (χ0) is 15.7. The number of aromatic nitrogens is 2. The number of benzene rings is 1. The predicted octanol–water partition coefficient (Wildman–Crippen LogP) is 5.04. The van der Waals surface area contributed by atoms with Crippen LogP contribution in [-0.2, 0) is 6.42 Å². The molecule has 1 atom stereocenters. The van der Waals surface area contributed by atoms with Gasteiger partial charge in [-0.25, -0.2) is 9.97 Å². The molecule has 3 nitrogen and oxygen atoms in total. The van der Waals surface area contributed by atoms with Gasteiger partial charge in [0.05, 0.1) is 5.39 Å². The number of fused-ring (bicyclic) bond motifs is 1. The SMILES string of the molecule is CCc1ccc([C@H](C)Nc2ncnc3sc(C)c(C)c23)cc1. The zero-order valence-corrected chi connectivity index (χ0v) is 14.3. The average Bonchev–Trinajstić information content (AvgIpc) is 2.83. The van der Waals surface area contributed by atoms with E-state index in [1.807, 2.05) is 0 Å². The second kappa shape index (κ2) is 6.05. The van der Waals surface area contributed by atoms with E-state index in [0.29, 0.717) is 0 Å². The maximum Gasteiger partial charge on any atom is 0.138 e. The molecule has 3 aromatic rings. The van der Waals surface area contributed by atoms with Crippen LogP contribution in [-0.4, -0.2) is 9.97 Å². The third kappa shape index (κ3) is 2.71. The number of thiophene rings is 1. The molecule has 0 unspecified atom stereocenters. The standard InChI is InChI=1S/C18H21N3S/c1-5-14-6-8-15(9-7-14)12(3)21-17-16-11(2)13(4)22-18(16)20-10-19-17/h6-10,12H,5H2,1-4H3,(H,19,20,21)/t12-/m0/s1. The Bertz CT molecular complexity index is 790. The molecule has 0 aliphatic heterocycles. The summed E-state index contributed by atoms with van der Waals surface area (Å²) in [5.74, 6) is 0.930. The molecule has 0 bridgehead atoms. The molecule has 0 spiro atoms. The van der Waals surface area contributed by atoms with Crippen LogP contribution in [0.15, 0.2) is 30.6 Å². The molecular formula is C18H21N3S. The van der Waals surface area contributed by atoms with Gasteiger partial charge in [-0.15, -0.1) is 11.3 Å². The van der Waals surface area contributed by atoms with Crippen LogP contribution in [0.4, 0.5) is 5.82 Å². The first-order valence-corrected chi connectivity index (χ1v) is 8.48. The Hall–Kier alpha value is -1.94. The third-order valence-corrected chi connectivity index (χ3v) is 5.32. The monoisotopic (exact) mass is 311 g/mol. The number of aryl methyl sites for hydroxylation is 3. The topological polar surface area (TPSA) is 37.8 Å². The van der Waals surface area contributed by atoms with Crippen LogP contribution in [0.5, 0.6) is 0 Å². The molecule has 2 aromatic heterocycles. The van der Waals surface area contributed by atoms with E-state index in [-0.39, 0.29) is 6.04 Å². The first-order valence-electron chi connectivity index (χ1n) is 7.66. The van der Waals surface area contributed by atoms with Gasteiger partial charge in [0.25, 0.3) is 0 Å². The summed E-state index contributed by atoms with van der Waals surface area (Å²) in [6.07, 6.45) is 2.72. The maximum absolute atomic E-state index is 4.46. The molecule has 0 amide bonds. The third-order valence-electron chi connectivity index (χ3n) is 4.21. The quantitative estimate of drug-likeness (QED) is 0.733. The minimum atomic E-state index is 0.212. The second-order valence-electron chi connectivity index (χ2n) is 5.65. The smallest absolute Gasteiger partial charge is 0.138 e. The highest BCUT2D eigenvalue weighted by Gasteiger charge is 2.14. The summed E-state index contributed by atoms with van der Waals surface area (Å²) in [6.45, 7) is 8.63. The highest BCUT2D eigenvalue weighted by atomic mass is 32.1. The molecule has 0 saturated carbocycles. The van der Waals surface area contributed by atoms with Gasteiger partial charge in [-0.3, -0.25) is 0 Å². The zero-order valence-electron chi connectivity index (χ0n) is 13.5. The Morgan fingerprint density at radius 1 is 1.14 bits per heavy atom. The summed E-state index contributed by atoms with van der Waals surface area (Å²) >= 11 is 1.73. The molecule has 4 heteroatoms. The van der Waals surface area contributed by atoms with E-state index in [0.717, 1.165) is 22.5 Å². The molecule has 2 heterocycles. The van der Waals surface area contributed by atoms with Crippen LogP contribution < -0.4 is 5.32 Å². The van der Waals surface area contributed by atoms with Gasteiger partial charge in [0.1, 0.15) is 17.0 Å². The Labute approximate surface area is 135 Å². The van der Waals surface area contributed by atoms with Crippen LogP contribution in [0, 0.1) is 13.8 Å². The minimum Gasteiger partial charge on any atom is -0.363 e. The van der Waals surface area contributed by atoms with Gasteiger partial charge < -0.3 is 5.32 Å². The van der Waals surface area contributed by atoms with Crippen LogP contribution in [0.2, 0.25) is 0 Å². The van der Waals surface area contributed by atoms with Crippen molar-refractivity contribution in [3.8, 4) is 0 Å². The van der Waals surface area contributed by atoms with Gasteiger partial charge in [-0.1, -0.05) is 31.2 Å². The molecular weight excluding hydrogens is 290 g/mol. The lowest BCUT2D eigenvalue weighted by molar-refractivity contribution is 0.874. The Morgan fingerprint density at radius 2 is 1.86 bits per heavy atom. The van der Waals surface area contributed by atoms with Crippen molar-refractivity contribution in [3.05, 3.63) is 52.2 Å². The molecule has 3 rings (SSSR count). The van der Waals surface area contributed by atoms with Gasteiger partial charge in [-0.2, -0.15) is 0 Å². The van der Waals surface area contributed by atoms with Crippen LogP contribution >= 0.6 is 11.3 Å². The lowest BCUT2D eigenvalue weighted by Gasteiger charge is -2.16. The van der Waals surface area contributed by atoms with E-state index in [9.17, 15) is 0 Å². The summed E-state index contributed by atoms with van der Waals surface area (Å²) < 4.78 is 0. The van der Waals surface area contributed by atoms with Crippen LogP contribution in [0.25, 0.3) is 10.2 Å². The summed E-state index contributed by atoms with van der Waals surface area (Å²) in [7, 11) is 0. The highest BCUT2D eigenvalue weighted by Crippen LogP contribution is 2.33. The number of anilines is 1. The van der Waals surface area contributed by atoms with Crippen molar-refractivity contribution < 1.29 is 0 Å². The Kier molecular flexibility index (Phi) is 4.12. The summed E-state index contributed by atoms with van der Waals surface area (Å²) in [5, 5.41) is 4.70. The summed E-state index contributed by atoms with van der Waals surface area (Å²) in [6, 6.07) is 9.00. The number of nitrogens with one attached hydrogen (secondary N) is 1. The number of rotatable bonds is 4. The Morgan fingerprint density at radius 3 is 2.55 bits per heavy atom. The predicted molar refractivity (Wildman–Crippen MR) is 94.7 cm³/mol. The van der Waals surface area contributed by atoms with Crippen molar-refractivity contribution in [1.29, 1.82) is 0 Å². The fraction of sp³-hybridized carbons (Fsp3) is 0.333. The van der Waals surface area contributed by atoms with E-state index in [2.05, 4.69) is 67.2 Å². The summed E-state index contributed by atoms with van der Waals surface area (Å²) in [4.78, 5) is 11.2. The second-order valence-corrected chi connectivity index (χ2v) is 6.85. The molecule has 1 N–H and O–H groups in total. The average molecular weight is 311 g/mol.